The van der Waals surface area contributed by atoms with Crippen LogP contribution in [-0.2, 0) is 15.9 Å². The van der Waals surface area contributed by atoms with E-state index in [9.17, 15) is 14.4 Å². The number of benzene rings is 1. The first-order valence-electron chi connectivity index (χ1n) is 11.1. The summed E-state index contributed by atoms with van der Waals surface area (Å²) in [4.78, 5) is 42.1. The predicted molar refractivity (Wildman–Crippen MR) is 132 cm³/mol. The number of hydrogen-bond donors (Lipinski definition) is 4. The molecular formula is C24H30N6O6. The molecule has 1 atom stereocenters. The molecule has 3 aromatic rings. The lowest BCUT2D eigenvalue weighted by molar-refractivity contribution is 0.00682. The van der Waals surface area contributed by atoms with E-state index in [1.165, 1.54) is 11.1 Å². The fourth-order valence-electron chi connectivity index (χ4n) is 3.96. The second-order valence-corrected chi connectivity index (χ2v) is 9.29. The summed E-state index contributed by atoms with van der Waals surface area (Å²) in [7, 11) is 1.16. The van der Waals surface area contributed by atoms with Crippen LogP contribution in [0.2, 0.25) is 0 Å². The molecule has 4 rings (SSSR count). The van der Waals surface area contributed by atoms with Crippen molar-refractivity contribution in [2.45, 2.75) is 52.2 Å². The molecule has 0 aliphatic heterocycles. The number of rotatable bonds is 3. The van der Waals surface area contributed by atoms with Gasteiger partial charge in [-0.05, 0) is 63.3 Å². The number of esters is 2. The molecule has 192 valence electrons. The minimum Gasteiger partial charge on any atom is -0.477 e. The number of aromatic carboxylic acids is 1. The Balaban J connectivity index is 0.000000201. The van der Waals surface area contributed by atoms with Crippen molar-refractivity contribution in [1.82, 2.24) is 14.4 Å². The first-order chi connectivity index (χ1) is 16.7. The summed E-state index contributed by atoms with van der Waals surface area (Å²) >= 11 is 0. The van der Waals surface area contributed by atoms with Gasteiger partial charge in [0.25, 0.3) is 0 Å². The Morgan fingerprint density at radius 1 is 1.14 bits per heavy atom. The van der Waals surface area contributed by atoms with Crippen LogP contribution in [0.4, 0.5) is 11.8 Å². The summed E-state index contributed by atoms with van der Waals surface area (Å²) in [5.41, 5.74) is 20.3. The van der Waals surface area contributed by atoms with Gasteiger partial charge in [0.1, 0.15) is 11.3 Å². The fraction of sp³-hybridized carbons (Fsp3) is 0.375. The van der Waals surface area contributed by atoms with Crippen LogP contribution in [0.3, 0.4) is 0 Å². The van der Waals surface area contributed by atoms with Crippen LogP contribution in [-0.4, -0.2) is 50.1 Å². The zero-order valence-electron chi connectivity index (χ0n) is 20.8. The number of carboxylic acid groups (broad SMARTS) is 1. The van der Waals surface area contributed by atoms with Gasteiger partial charge in [-0.25, -0.2) is 19.4 Å². The van der Waals surface area contributed by atoms with Crippen molar-refractivity contribution < 1.29 is 29.0 Å². The number of carboxylic acids is 1. The van der Waals surface area contributed by atoms with Crippen LogP contribution < -0.4 is 17.2 Å². The number of nitrogens with two attached hydrogens (primary N) is 3. The van der Waals surface area contributed by atoms with Crippen molar-refractivity contribution in [2.24, 2.45) is 5.73 Å². The number of fused-ring (bicyclic) bond motifs is 2. The number of carbonyl (C=O) groups excluding carboxylic acids is 2. The van der Waals surface area contributed by atoms with Crippen LogP contribution in [0.1, 0.15) is 81.3 Å². The van der Waals surface area contributed by atoms with Crippen LogP contribution in [0.5, 0.6) is 0 Å². The highest BCUT2D eigenvalue weighted by atomic mass is 16.6. The molecule has 0 unspecified atom stereocenters. The van der Waals surface area contributed by atoms with E-state index < -0.39 is 17.5 Å². The molecule has 1 aromatic carbocycles. The van der Waals surface area contributed by atoms with E-state index >= 15 is 0 Å². The normalized spacial score (nSPS) is 14.6. The highest BCUT2D eigenvalue weighted by Gasteiger charge is 2.26. The number of anilines is 2. The molecule has 0 bridgehead atoms. The number of aromatic nitrogens is 3. The molecule has 12 nitrogen and oxygen atoms in total. The largest absolute Gasteiger partial charge is 0.477 e. The van der Waals surface area contributed by atoms with Gasteiger partial charge in [0.2, 0.25) is 5.95 Å². The van der Waals surface area contributed by atoms with Crippen molar-refractivity contribution >= 4 is 35.3 Å². The monoisotopic (exact) mass is 498 g/mol. The molecule has 36 heavy (non-hydrogen) atoms. The maximum Gasteiger partial charge on any atom is 0.355 e. The van der Waals surface area contributed by atoms with E-state index in [-0.39, 0.29) is 40.8 Å². The molecule has 1 aliphatic rings. The molecule has 0 amide bonds. The Morgan fingerprint density at radius 3 is 2.39 bits per heavy atom. The minimum absolute atomic E-state index is 0.00667. The van der Waals surface area contributed by atoms with Gasteiger partial charge < -0.3 is 31.8 Å². The molecule has 2 heterocycles. The summed E-state index contributed by atoms with van der Waals surface area (Å²) in [6.45, 7) is 7.62. The molecule has 0 saturated carbocycles. The summed E-state index contributed by atoms with van der Waals surface area (Å²) in [5.74, 6) is -2.47. The van der Waals surface area contributed by atoms with Gasteiger partial charge in [0.05, 0.1) is 12.7 Å². The molecular weight excluding hydrogens is 468 g/mol. The van der Waals surface area contributed by atoms with Gasteiger partial charge in [-0.2, -0.15) is 4.98 Å². The summed E-state index contributed by atoms with van der Waals surface area (Å²) < 4.78 is 11.1. The lowest BCUT2D eigenvalue weighted by Gasteiger charge is -2.21. The standard InChI is InChI=1S/C15H21NO2.C9H9N5O4/c1-9-10-7-8-13(16)12(10)6-5-11(9)14(17)18-15(2,3)4;1-18-8(17)4-2-3(7(15)16)12-6-5(10)13-9(11)14(4)6/h5-6,13H,7-8,16H2,1-4H3;2H,10H2,1H3,(H2,11,13)(H,15,16)/t13-;/m0./s1. The van der Waals surface area contributed by atoms with Crippen molar-refractivity contribution in [1.29, 1.82) is 0 Å². The molecule has 12 heteroatoms. The van der Waals surface area contributed by atoms with Crippen molar-refractivity contribution in [3.8, 4) is 0 Å². The summed E-state index contributed by atoms with van der Waals surface area (Å²) in [6.07, 6.45) is 1.92. The average molecular weight is 499 g/mol. The van der Waals surface area contributed by atoms with Gasteiger partial charge in [0, 0.05) is 12.1 Å². The third kappa shape index (κ3) is 5.23. The number of nitrogen functional groups attached to an aromatic ring is 2. The Hall–Kier alpha value is -4.19. The van der Waals surface area contributed by atoms with Crippen molar-refractivity contribution in [3.63, 3.8) is 0 Å². The first-order valence-corrected chi connectivity index (χ1v) is 11.1. The van der Waals surface area contributed by atoms with E-state index in [2.05, 4.69) is 14.7 Å². The highest BCUT2D eigenvalue weighted by molar-refractivity contribution is 5.94. The molecule has 7 N–H and O–H groups in total. The van der Waals surface area contributed by atoms with Gasteiger partial charge in [-0.15, -0.1) is 0 Å². The lowest BCUT2D eigenvalue weighted by atomic mass is 9.98. The second kappa shape index (κ2) is 9.82. The molecule has 0 saturated heterocycles. The van der Waals surface area contributed by atoms with E-state index in [1.54, 1.807) is 0 Å². The SMILES string of the molecule is COC(=O)c1cc(C(=O)O)nc2c(N)nc(N)n12.Cc1c(C(=O)OC(C)(C)C)ccc2c1CC[C@@H]2N. The third-order valence-electron chi connectivity index (χ3n) is 5.62. The van der Waals surface area contributed by atoms with E-state index in [4.69, 9.17) is 27.0 Å². The van der Waals surface area contributed by atoms with Gasteiger partial charge >= 0.3 is 17.9 Å². The average Bonchev–Trinajstić information content (AvgIpc) is 3.31. The van der Waals surface area contributed by atoms with Crippen molar-refractivity contribution in [3.05, 3.63) is 51.8 Å². The highest BCUT2D eigenvalue weighted by Crippen LogP contribution is 2.33. The maximum absolute atomic E-state index is 12.1. The second-order valence-electron chi connectivity index (χ2n) is 9.29. The number of imidazole rings is 1. The zero-order valence-corrected chi connectivity index (χ0v) is 20.8. The topological polar surface area (TPSA) is 198 Å². The smallest absolute Gasteiger partial charge is 0.355 e. The van der Waals surface area contributed by atoms with Gasteiger partial charge in [0.15, 0.2) is 17.2 Å². The van der Waals surface area contributed by atoms with Crippen molar-refractivity contribution in [2.75, 3.05) is 18.6 Å². The minimum atomic E-state index is -1.30. The third-order valence-corrected chi connectivity index (χ3v) is 5.62. The lowest BCUT2D eigenvalue weighted by Crippen LogP contribution is -2.24. The zero-order chi connectivity index (χ0) is 26.9. The fourth-order valence-corrected chi connectivity index (χ4v) is 3.96. The number of ether oxygens (including phenoxy) is 2. The molecule has 1 aliphatic carbocycles. The molecule has 0 spiro atoms. The number of carbonyl (C=O) groups is 3. The van der Waals surface area contributed by atoms with Gasteiger partial charge in [-0.1, -0.05) is 6.07 Å². The molecule has 2 aromatic heterocycles. The summed E-state index contributed by atoms with van der Waals surface area (Å²) in [6, 6.07) is 4.97. The Morgan fingerprint density at radius 2 is 1.81 bits per heavy atom. The van der Waals surface area contributed by atoms with E-state index in [0.717, 1.165) is 36.0 Å². The molecule has 0 fully saturated rings. The van der Waals surface area contributed by atoms with Gasteiger partial charge in [-0.3, -0.25) is 4.40 Å². The maximum atomic E-state index is 12.1. The number of methoxy groups -OCH3 is 1. The van der Waals surface area contributed by atoms with Crippen LogP contribution in [0.25, 0.3) is 5.65 Å². The predicted octanol–water partition coefficient (Wildman–Crippen LogP) is 2.27. The Bertz CT molecular complexity index is 1360. The Kier molecular flexibility index (Phi) is 7.20. The summed E-state index contributed by atoms with van der Waals surface area (Å²) in [5, 5.41) is 8.90. The first kappa shape index (κ1) is 26.4. The quantitative estimate of drug-likeness (QED) is 0.386. The van der Waals surface area contributed by atoms with Crippen LogP contribution >= 0.6 is 0 Å². The van der Waals surface area contributed by atoms with Crippen LogP contribution in [0.15, 0.2) is 18.2 Å². The molecule has 0 radical (unpaired) electrons. The number of hydrogen-bond acceptors (Lipinski definition) is 10. The van der Waals surface area contributed by atoms with E-state index in [1.807, 2.05) is 39.8 Å². The Labute approximate surface area is 207 Å². The number of nitrogens with zero attached hydrogens (tertiary/aromatic N) is 3. The van der Waals surface area contributed by atoms with Crippen LogP contribution in [0, 0.1) is 6.92 Å². The van der Waals surface area contributed by atoms with E-state index in [0.29, 0.717) is 5.56 Å².